The predicted molar refractivity (Wildman–Crippen MR) is 106 cm³/mol. The van der Waals surface area contributed by atoms with Gasteiger partial charge in [-0.1, -0.05) is 81.4 Å². The molecule has 0 aromatic heterocycles. The molecule has 2 aromatic carbocycles. The quantitative estimate of drug-likeness (QED) is 0.659. The Hall–Kier alpha value is -1.60. The predicted octanol–water partition coefficient (Wildman–Crippen LogP) is 6.07. The molecule has 1 heteroatoms. The zero-order valence-corrected chi connectivity index (χ0v) is 15.9. The fourth-order valence-electron chi connectivity index (χ4n) is 5.15. The molecule has 0 aliphatic carbocycles. The molecule has 2 aliphatic heterocycles. The van der Waals surface area contributed by atoms with Crippen molar-refractivity contribution in [3.8, 4) is 0 Å². The maximum Gasteiger partial charge on any atom is 0.0606 e. The Balaban J connectivity index is 1.70. The zero-order chi connectivity index (χ0) is 17.4. The van der Waals surface area contributed by atoms with Crippen LogP contribution in [0.1, 0.15) is 63.6 Å². The number of nitrogens with zero attached hydrogens (tertiary/aromatic N) is 1. The van der Waals surface area contributed by atoms with E-state index in [4.69, 9.17) is 0 Å². The van der Waals surface area contributed by atoms with Gasteiger partial charge < -0.3 is 0 Å². The van der Waals surface area contributed by atoms with Gasteiger partial charge in [-0.15, -0.1) is 0 Å². The largest absolute Gasteiger partial charge is 0.286 e. The van der Waals surface area contributed by atoms with Gasteiger partial charge in [0.15, 0.2) is 0 Å². The zero-order valence-electron chi connectivity index (χ0n) is 15.9. The van der Waals surface area contributed by atoms with Crippen molar-refractivity contribution < 1.29 is 0 Å². The average molecular weight is 334 g/mol. The lowest BCUT2D eigenvalue weighted by molar-refractivity contribution is 0.0344. The first-order valence-corrected chi connectivity index (χ1v) is 9.91. The first kappa shape index (κ1) is 16.8. The van der Waals surface area contributed by atoms with Crippen LogP contribution in [0.5, 0.6) is 0 Å². The summed E-state index contributed by atoms with van der Waals surface area (Å²) in [5.41, 5.74) is 3.32. The van der Waals surface area contributed by atoms with E-state index in [2.05, 4.69) is 86.3 Å². The molecule has 25 heavy (non-hydrogen) atoms. The summed E-state index contributed by atoms with van der Waals surface area (Å²) >= 11 is 0. The van der Waals surface area contributed by atoms with E-state index >= 15 is 0 Å². The van der Waals surface area contributed by atoms with Gasteiger partial charge in [-0.25, -0.2) is 0 Å². The van der Waals surface area contributed by atoms with E-state index in [1.807, 2.05) is 0 Å². The van der Waals surface area contributed by atoms with Crippen LogP contribution in [0.25, 0.3) is 0 Å². The van der Waals surface area contributed by atoms with E-state index in [9.17, 15) is 0 Å². The molecule has 2 aromatic rings. The lowest BCUT2D eigenvalue weighted by Gasteiger charge is -2.47. The topological polar surface area (TPSA) is 3.24 Å². The van der Waals surface area contributed by atoms with Gasteiger partial charge in [0.25, 0.3) is 0 Å². The Morgan fingerprint density at radius 2 is 1.20 bits per heavy atom. The molecule has 2 saturated heterocycles. The summed E-state index contributed by atoms with van der Waals surface area (Å²) in [5.74, 6) is 0.855. The number of piperidine rings is 1. The number of hydrogen-bond acceptors (Lipinski definition) is 1. The van der Waals surface area contributed by atoms with E-state index in [1.54, 1.807) is 0 Å². The highest BCUT2D eigenvalue weighted by Crippen LogP contribution is 2.49. The summed E-state index contributed by atoms with van der Waals surface area (Å²) < 4.78 is 0. The average Bonchev–Trinajstić information content (AvgIpc) is 2.85. The molecule has 0 radical (unpaired) electrons. The van der Waals surface area contributed by atoms with Crippen molar-refractivity contribution in [2.45, 2.75) is 64.6 Å². The molecule has 2 fully saturated rings. The molecule has 2 heterocycles. The first-order valence-electron chi connectivity index (χ1n) is 9.91. The Bertz CT molecular complexity index is 632. The van der Waals surface area contributed by atoms with Crippen LogP contribution in [0, 0.1) is 11.3 Å². The highest BCUT2D eigenvalue weighted by atomic mass is 15.2. The van der Waals surface area contributed by atoms with Gasteiger partial charge >= 0.3 is 0 Å². The lowest BCUT2D eigenvalue weighted by Crippen LogP contribution is -2.47. The normalized spacial score (nSPS) is 27.0. The minimum Gasteiger partial charge on any atom is -0.286 e. The van der Waals surface area contributed by atoms with Crippen LogP contribution in [0.3, 0.4) is 0 Å². The summed E-state index contributed by atoms with van der Waals surface area (Å²) in [7, 11) is 0. The third-order valence-corrected chi connectivity index (χ3v) is 6.54. The van der Waals surface area contributed by atoms with Crippen LogP contribution in [0.4, 0.5) is 0 Å². The number of benzene rings is 2. The lowest BCUT2D eigenvalue weighted by atomic mass is 9.72. The molecule has 1 unspecified atom stereocenters. The van der Waals surface area contributed by atoms with E-state index in [1.165, 1.54) is 36.8 Å². The summed E-state index contributed by atoms with van der Waals surface area (Å²) in [6.45, 7) is 7.29. The summed E-state index contributed by atoms with van der Waals surface area (Å²) in [6, 6.07) is 24.1. The van der Waals surface area contributed by atoms with E-state index < -0.39 is 0 Å². The molecule has 1 nitrogen and oxygen atoms in total. The van der Waals surface area contributed by atoms with Crippen molar-refractivity contribution in [2.75, 3.05) is 0 Å². The minimum atomic E-state index is 0.404. The second-order valence-electron chi connectivity index (χ2n) is 9.09. The maximum atomic E-state index is 2.87. The Morgan fingerprint density at radius 3 is 1.60 bits per heavy atom. The third-order valence-electron chi connectivity index (χ3n) is 6.54. The third kappa shape index (κ3) is 3.27. The second-order valence-corrected chi connectivity index (χ2v) is 9.09. The summed E-state index contributed by atoms with van der Waals surface area (Å²) in [4.78, 5) is 2.87. The van der Waals surface area contributed by atoms with Crippen LogP contribution >= 0.6 is 0 Å². The Morgan fingerprint density at radius 1 is 0.760 bits per heavy atom. The molecule has 2 bridgehead atoms. The van der Waals surface area contributed by atoms with Crippen LogP contribution in [0.2, 0.25) is 0 Å². The standard InChI is InChI=1S/C24H31N/c1-24(2,3)20-16-21-14-15-22(17-20)25(21)23(18-10-6-4-7-11-18)19-12-8-5-9-13-19/h4-13,20-23H,14-17H2,1-3H3/t20?,21-,22+. The van der Waals surface area contributed by atoms with Crippen molar-refractivity contribution >= 4 is 0 Å². The molecule has 0 saturated carbocycles. The SMILES string of the molecule is CC(C)(C)C1C[C@H]2CC[C@@H](C1)N2C(c1ccccc1)c1ccccc1. The molecule has 4 rings (SSSR count). The van der Waals surface area contributed by atoms with Crippen molar-refractivity contribution in [1.29, 1.82) is 0 Å². The number of rotatable bonds is 3. The minimum absolute atomic E-state index is 0.404. The molecule has 0 spiro atoms. The maximum absolute atomic E-state index is 2.87. The van der Waals surface area contributed by atoms with Gasteiger partial charge in [0, 0.05) is 12.1 Å². The molecule has 0 N–H and O–H groups in total. The van der Waals surface area contributed by atoms with E-state index in [0.717, 1.165) is 18.0 Å². The summed E-state index contributed by atoms with van der Waals surface area (Å²) in [6.07, 6.45) is 5.45. The van der Waals surface area contributed by atoms with E-state index in [-0.39, 0.29) is 0 Å². The first-order chi connectivity index (χ1) is 12.0. The van der Waals surface area contributed by atoms with Crippen LogP contribution in [-0.4, -0.2) is 17.0 Å². The van der Waals surface area contributed by atoms with E-state index in [0.29, 0.717) is 11.5 Å². The second kappa shape index (κ2) is 6.61. The van der Waals surface area contributed by atoms with Crippen molar-refractivity contribution in [3.63, 3.8) is 0 Å². The van der Waals surface area contributed by atoms with Gasteiger partial charge in [0.2, 0.25) is 0 Å². The van der Waals surface area contributed by atoms with Gasteiger partial charge in [-0.2, -0.15) is 0 Å². The molecule has 132 valence electrons. The highest BCUT2D eigenvalue weighted by Gasteiger charge is 2.46. The van der Waals surface area contributed by atoms with Gasteiger partial charge in [-0.3, -0.25) is 4.90 Å². The highest BCUT2D eigenvalue weighted by molar-refractivity contribution is 5.33. The van der Waals surface area contributed by atoms with Gasteiger partial charge in [-0.05, 0) is 48.1 Å². The van der Waals surface area contributed by atoms with Crippen molar-refractivity contribution in [3.05, 3.63) is 71.8 Å². The van der Waals surface area contributed by atoms with Crippen LogP contribution in [-0.2, 0) is 0 Å². The number of fused-ring (bicyclic) bond motifs is 2. The monoisotopic (exact) mass is 333 g/mol. The molecule has 2 aliphatic rings. The molecular weight excluding hydrogens is 302 g/mol. The van der Waals surface area contributed by atoms with Gasteiger partial charge in [0.1, 0.15) is 0 Å². The molecule has 0 amide bonds. The molecular formula is C24H31N. The smallest absolute Gasteiger partial charge is 0.0606 e. The number of hydrogen-bond donors (Lipinski definition) is 0. The van der Waals surface area contributed by atoms with Gasteiger partial charge in [0.05, 0.1) is 6.04 Å². The fraction of sp³-hybridized carbons (Fsp3) is 0.500. The summed E-state index contributed by atoms with van der Waals surface area (Å²) in [5, 5.41) is 0. The fourth-order valence-corrected chi connectivity index (χ4v) is 5.15. The molecule has 3 atom stereocenters. The van der Waals surface area contributed by atoms with Crippen LogP contribution < -0.4 is 0 Å². The van der Waals surface area contributed by atoms with Crippen molar-refractivity contribution in [1.82, 2.24) is 4.90 Å². The van der Waals surface area contributed by atoms with Crippen LogP contribution in [0.15, 0.2) is 60.7 Å². The Labute approximate surface area is 153 Å². The Kier molecular flexibility index (Phi) is 4.45. The van der Waals surface area contributed by atoms with Crippen molar-refractivity contribution in [2.24, 2.45) is 11.3 Å².